The van der Waals surface area contributed by atoms with Gasteiger partial charge in [-0.2, -0.15) is 5.10 Å². The van der Waals surface area contributed by atoms with Crippen LogP contribution >= 0.6 is 11.3 Å². The van der Waals surface area contributed by atoms with E-state index in [0.717, 1.165) is 43.9 Å². The van der Waals surface area contributed by atoms with Crippen LogP contribution in [-0.2, 0) is 25.8 Å². The second kappa shape index (κ2) is 7.36. The van der Waals surface area contributed by atoms with E-state index in [1.165, 1.54) is 12.0 Å². The van der Waals surface area contributed by atoms with Gasteiger partial charge in [0.1, 0.15) is 0 Å². The molecule has 0 bridgehead atoms. The molecule has 1 unspecified atom stereocenters. The van der Waals surface area contributed by atoms with E-state index in [4.69, 9.17) is 0 Å². The van der Waals surface area contributed by atoms with Gasteiger partial charge < -0.3 is 5.32 Å². The molecule has 5 nitrogen and oxygen atoms in total. The van der Waals surface area contributed by atoms with Crippen molar-refractivity contribution in [2.75, 3.05) is 18.4 Å². The second-order valence-corrected chi connectivity index (χ2v) is 7.06. The van der Waals surface area contributed by atoms with Crippen molar-refractivity contribution >= 4 is 17.3 Å². The molecule has 2 aromatic rings. The number of thiophene rings is 1. The van der Waals surface area contributed by atoms with Crippen molar-refractivity contribution in [3.8, 4) is 0 Å². The van der Waals surface area contributed by atoms with Crippen LogP contribution in [0.4, 0.5) is 5.95 Å². The van der Waals surface area contributed by atoms with Crippen molar-refractivity contribution in [3.63, 3.8) is 0 Å². The Morgan fingerprint density at radius 3 is 2.87 bits per heavy atom. The fourth-order valence-electron chi connectivity index (χ4n) is 3.03. The third kappa shape index (κ3) is 3.70. The predicted molar refractivity (Wildman–Crippen MR) is 95.0 cm³/mol. The number of hydrogen-bond acceptors (Lipinski definition) is 6. The number of fused-ring (bicyclic) bond motifs is 1. The Labute approximate surface area is 142 Å². The molecule has 1 aliphatic heterocycles. The molecule has 124 valence electrons. The molecule has 0 aromatic carbocycles. The standard InChI is InChI=1S/C17H25N5S/c1-4-14-15(5-2)20-21-17(19-14)18-10-12(3)22-8-6-16-13(11-22)7-9-23-16/h7,9,12H,4-6,8,10-11H2,1-3H3,(H,18,19,21). The molecule has 1 atom stereocenters. The largest absolute Gasteiger partial charge is 0.351 e. The van der Waals surface area contributed by atoms with Crippen molar-refractivity contribution in [2.45, 2.75) is 52.6 Å². The van der Waals surface area contributed by atoms with Crippen molar-refractivity contribution in [3.05, 3.63) is 33.3 Å². The fraction of sp³-hybridized carbons (Fsp3) is 0.588. The first-order chi connectivity index (χ1) is 11.2. The van der Waals surface area contributed by atoms with Gasteiger partial charge in [0.15, 0.2) is 0 Å². The summed E-state index contributed by atoms with van der Waals surface area (Å²) in [4.78, 5) is 8.68. The lowest BCUT2D eigenvalue weighted by Crippen LogP contribution is -2.41. The van der Waals surface area contributed by atoms with Crippen LogP contribution in [0.5, 0.6) is 0 Å². The van der Waals surface area contributed by atoms with Crippen LogP contribution in [0.1, 0.15) is 42.6 Å². The molecule has 0 radical (unpaired) electrons. The Kier molecular flexibility index (Phi) is 5.23. The summed E-state index contributed by atoms with van der Waals surface area (Å²) in [6.45, 7) is 9.49. The van der Waals surface area contributed by atoms with Gasteiger partial charge in [0.05, 0.1) is 11.4 Å². The van der Waals surface area contributed by atoms with E-state index in [9.17, 15) is 0 Å². The number of anilines is 1. The fourth-order valence-corrected chi connectivity index (χ4v) is 3.92. The number of hydrogen-bond donors (Lipinski definition) is 1. The van der Waals surface area contributed by atoms with Gasteiger partial charge >= 0.3 is 0 Å². The molecule has 0 saturated carbocycles. The molecule has 2 aromatic heterocycles. The number of aromatic nitrogens is 3. The minimum absolute atomic E-state index is 0.447. The number of nitrogens with one attached hydrogen (secondary N) is 1. The van der Waals surface area contributed by atoms with Crippen molar-refractivity contribution in [2.24, 2.45) is 0 Å². The van der Waals surface area contributed by atoms with Crippen molar-refractivity contribution in [1.82, 2.24) is 20.1 Å². The smallest absolute Gasteiger partial charge is 0.243 e. The van der Waals surface area contributed by atoms with Crippen LogP contribution in [0.15, 0.2) is 11.4 Å². The highest BCUT2D eigenvalue weighted by atomic mass is 32.1. The summed E-state index contributed by atoms with van der Waals surface area (Å²) in [5.41, 5.74) is 3.55. The summed E-state index contributed by atoms with van der Waals surface area (Å²) in [5, 5.41) is 14.1. The third-order valence-corrected chi connectivity index (χ3v) is 5.55. The lowest BCUT2D eigenvalue weighted by atomic mass is 10.1. The molecule has 1 N–H and O–H groups in total. The molecule has 0 saturated heterocycles. The van der Waals surface area contributed by atoms with Crippen LogP contribution < -0.4 is 5.32 Å². The maximum atomic E-state index is 4.61. The molecule has 0 amide bonds. The Hall–Kier alpha value is -1.53. The second-order valence-electron chi connectivity index (χ2n) is 6.06. The average molecular weight is 331 g/mol. The molecule has 3 rings (SSSR count). The zero-order valence-corrected chi connectivity index (χ0v) is 15.0. The van der Waals surface area contributed by atoms with Gasteiger partial charge in [0.25, 0.3) is 0 Å². The first-order valence-corrected chi connectivity index (χ1v) is 9.34. The minimum atomic E-state index is 0.447. The van der Waals surface area contributed by atoms with Crippen LogP contribution in [-0.4, -0.2) is 39.2 Å². The van der Waals surface area contributed by atoms with Gasteiger partial charge in [-0.25, -0.2) is 4.98 Å². The van der Waals surface area contributed by atoms with E-state index in [1.807, 2.05) is 11.3 Å². The molecule has 1 aliphatic rings. The average Bonchev–Trinajstić information content (AvgIpc) is 3.06. The molecule has 0 aliphatic carbocycles. The number of nitrogens with zero attached hydrogens (tertiary/aromatic N) is 4. The summed E-state index contributed by atoms with van der Waals surface area (Å²) >= 11 is 1.89. The molecule has 3 heterocycles. The van der Waals surface area contributed by atoms with E-state index in [1.54, 1.807) is 4.88 Å². The predicted octanol–water partition coefficient (Wildman–Crippen LogP) is 2.92. The lowest BCUT2D eigenvalue weighted by molar-refractivity contribution is 0.200. The van der Waals surface area contributed by atoms with Gasteiger partial charge in [0, 0.05) is 30.6 Å². The summed E-state index contributed by atoms with van der Waals surface area (Å²) in [6.07, 6.45) is 2.95. The van der Waals surface area contributed by atoms with E-state index >= 15 is 0 Å². The highest BCUT2D eigenvalue weighted by molar-refractivity contribution is 7.10. The lowest BCUT2D eigenvalue weighted by Gasteiger charge is -2.32. The molecular weight excluding hydrogens is 306 g/mol. The van der Waals surface area contributed by atoms with Gasteiger partial charge in [-0.05, 0) is 43.2 Å². The Morgan fingerprint density at radius 2 is 2.09 bits per heavy atom. The van der Waals surface area contributed by atoms with Crippen LogP contribution in [0.25, 0.3) is 0 Å². The van der Waals surface area contributed by atoms with Gasteiger partial charge in [0.2, 0.25) is 5.95 Å². The molecule has 0 spiro atoms. The van der Waals surface area contributed by atoms with E-state index in [0.29, 0.717) is 12.0 Å². The number of rotatable bonds is 6. The van der Waals surface area contributed by atoms with E-state index in [2.05, 4.69) is 57.6 Å². The van der Waals surface area contributed by atoms with Crippen LogP contribution in [0, 0.1) is 0 Å². The zero-order chi connectivity index (χ0) is 16.2. The normalized spacial score (nSPS) is 16.1. The summed E-state index contributed by atoms with van der Waals surface area (Å²) in [6, 6.07) is 2.71. The van der Waals surface area contributed by atoms with Gasteiger partial charge in [-0.1, -0.05) is 13.8 Å². The van der Waals surface area contributed by atoms with Crippen molar-refractivity contribution < 1.29 is 0 Å². The van der Waals surface area contributed by atoms with Crippen LogP contribution in [0.2, 0.25) is 0 Å². The highest BCUT2D eigenvalue weighted by Crippen LogP contribution is 2.25. The minimum Gasteiger partial charge on any atom is -0.351 e. The zero-order valence-electron chi connectivity index (χ0n) is 14.2. The van der Waals surface area contributed by atoms with Gasteiger partial charge in [-0.3, -0.25) is 4.90 Å². The van der Waals surface area contributed by atoms with Crippen LogP contribution in [0.3, 0.4) is 0 Å². The van der Waals surface area contributed by atoms with E-state index in [-0.39, 0.29) is 0 Å². The summed E-state index contributed by atoms with van der Waals surface area (Å²) < 4.78 is 0. The Balaban J connectivity index is 1.58. The molecule has 6 heteroatoms. The Bertz CT molecular complexity index is 654. The van der Waals surface area contributed by atoms with Crippen molar-refractivity contribution in [1.29, 1.82) is 0 Å². The maximum absolute atomic E-state index is 4.61. The third-order valence-electron chi connectivity index (χ3n) is 4.53. The highest BCUT2D eigenvalue weighted by Gasteiger charge is 2.21. The summed E-state index contributed by atoms with van der Waals surface area (Å²) in [5.74, 6) is 0.652. The first kappa shape index (κ1) is 16.3. The summed E-state index contributed by atoms with van der Waals surface area (Å²) in [7, 11) is 0. The molecule has 23 heavy (non-hydrogen) atoms. The quantitative estimate of drug-likeness (QED) is 0.882. The Morgan fingerprint density at radius 1 is 1.26 bits per heavy atom. The SMILES string of the molecule is CCc1nnc(NCC(C)N2CCc3sccc3C2)nc1CC. The number of aryl methyl sites for hydroxylation is 2. The van der Waals surface area contributed by atoms with E-state index < -0.39 is 0 Å². The molecule has 0 fully saturated rings. The maximum Gasteiger partial charge on any atom is 0.243 e. The topological polar surface area (TPSA) is 53.9 Å². The molecular formula is C17H25N5S. The van der Waals surface area contributed by atoms with Gasteiger partial charge in [-0.15, -0.1) is 16.4 Å². The first-order valence-electron chi connectivity index (χ1n) is 8.46. The monoisotopic (exact) mass is 331 g/mol.